The lowest BCUT2D eigenvalue weighted by molar-refractivity contribution is 0.143. The number of H-pyrrole nitrogens is 1. The van der Waals surface area contributed by atoms with E-state index in [0.717, 1.165) is 28.1 Å². The molecule has 154 valence electrons. The largest absolute Gasteiger partial charge is 0.490 e. The van der Waals surface area contributed by atoms with E-state index in [1.165, 1.54) is 0 Å². The molecule has 0 saturated heterocycles. The lowest BCUT2D eigenvalue weighted by Crippen LogP contribution is -2.50. The molecule has 3 aromatic rings. The molecule has 0 aliphatic carbocycles. The first kappa shape index (κ1) is 20.9. The maximum absolute atomic E-state index is 11.2. The third-order valence-corrected chi connectivity index (χ3v) is 4.86. The van der Waals surface area contributed by atoms with Crippen molar-refractivity contribution in [2.75, 3.05) is 6.61 Å². The Balaban J connectivity index is 1.83. The summed E-state index contributed by atoms with van der Waals surface area (Å²) in [6.07, 6.45) is 1.29. The molecule has 8 heteroatoms. The zero-order valence-electron chi connectivity index (χ0n) is 16.9. The van der Waals surface area contributed by atoms with E-state index in [1.54, 1.807) is 12.3 Å². The van der Waals surface area contributed by atoms with Gasteiger partial charge in [-0.15, -0.1) is 0 Å². The van der Waals surface area contributed by atoms with Gasteiger partial charge in [0.05, 0.1) is 10.6 Å². The van der Waals surface area contributed by atoms with Gasteiger partial charge in [-0.25, -0.2) is 14.8 Å². The molecular weight excluding hydrogens is 392 g/mol. The Labute approximate surface area is 174 Å². The van der Waals surface area contributed by atoms with Crippen LogP contribution < -0.4 is 10.1 Å². The number of carboxylic acid groups (broad SMARTS) is 1. The van der Waals surface area contributed by atoms with Crippen molar-refractivity contribution in [1.82, 2.24) is 20.3 Å². The van der Waals surface area contributed by atoms with E-state index in [4.69, 9.17) is 21.4 Å². The number of nitrogens with zero attached hydrogens (tertiary/aromatic N) is 2. The summed E-state index contributed by atoms with van der Waals surface area (Å²) in [7, 11) is 0. The number of amides is 1. The van der Waals surface area contributed by atoms with Crippen LogP contribution in [0.2, 0.25) is 5.02 Å². The summed E-state index contributed by atoms with van der Waals surface area (Å²) in [5.74, 6) is 1.60. The van der Waals surface area contributed by atoms with Crippen LogP contribution in [0.25, 0.3) is 22.3 Å². The van der Waals surface area contributed by atoms with Gasteiger partial charge in [-0.05, 0) is 49.9 Å². The molecule has 0 radical (unpaired) electrons. The van der Waals surface area contributed by atoms with E-state index >= 15 is 0 Å². The van der Waals surface area contributed by atoms with Crippen LogP contribution in [0.5, 0.6) is 5.75 Å². The van der Waals surface area contributed by atoms with Gasteiger partial charge < -0.3 is 20.1 Å². The number of pyridine rings is 1. The van der Waals surface area contributed by atoms with Crippen molar-refractivity contribution in [2.24, 2.45) is 5.92 Å². The fourth-order valence-corrected chi connectivity index (χ4v) is 3.82. The molecule has 2 aromatic heterocycles. The van der Waals surface area contributed by atoms with E-state index in [-0.39, 0.29) is 6.61 Å². The predicted molar refractivity (Wildman–Crippen MR) is 114 cm³/mol. The number of nitrogens with one attached hydrogen (secondary N) is 2. The van der Waals surface area contributed by atoms with Gasteiger partial charge in [0.25, 0.3) is 0 Å². The molecule has 3 N–H and O–H groups in total. The van der Waals surface area contributed by atoms with Gasteiger partial charge in [0, 0.05) is 11.8 Å². The molecule has 1 amide bonds. The SMILES string of the molecule is Cc1nc2c(-c3ccc(OCC(C)(CC(C)C)NC(=O)O)c(Cl)c3)ccnc2[nH]1. The molecule has 1 atom stereocenters. The van der Waals surface area contributed by atoms with Crippen LogP contribution in [-0.4, -0.2) is 38.3 Å². The summed E-state index contributed by atoms with van der Waals surface area (Å²) in [5, 5.41) is 12.2. The monoisotopic (exact) mass is 416 g/mol. The summed E-state index contributed by atoms with van der Waals surface area (Å²) in [6.45, 7) is 7.96. The highest BCUT2D eigenvalue weighted by atomic mass is 35.5. The molecule has 0 fully saturated rings. The Kier molecular flexibility index (Phi) is 5.98. The number of ether oxygens (including phenoxy) is 1. The number of halogens is 1. The van der Waals surface area contributed by atoms with Crippen molar-refractivity contribution in [2.45, 2.75) is 39.7 Å². The standard InChI is InChI=1S/C21H25ClN4O3/c1-12(2)10-21(4,26-20(27)28)11-29-17-6-5-14(9-16(17)22)15-7-8-23-19-18(15)24-13(3)25-19/h5-9,12,26H,10-11H2,1-4H3,(H,27,28)(H,23,24,25). The van der Waals surface area contributed by atoms with Crippen LogP contribution in [0.3, 0.4) is 0 Å². The number of benzene rings is 1. The first-order chi connectivity index (χ1) is 13.7. The molecule has 2 heterocycles. The molecule has 0 spiro atoms. The van der Waals surface area contributed by atoms with Gasteiger partial charge >= 0.3 is 6.09 Å². The summed E-state index contributed by atoms with van der Waals surface area (Å²) in [5.41, 5.74) is 2.61. The van der Waals surface area contributed by atoms with E-state index in [1.807, 2.05) is 45.9 Å². The van der Waals surface area contributed by atoms with E-state index < -0.39 is 11.6 Å². The fourth-order valence-electron chi connectivity index (χ4n) is 3.59. The van der Waals surface area contributed by atoms with Gasteiger partial charge in [-0.1, -0.05) is 31.5 Å². The average Bonchev–Trinajstić information content (AvgIpc) is 2.99. The Morgan fingerprint density at radius 3 is 2.79 bits per heavy atom. The molecule has 1 aromatic carbocycles. The highest BCUT2D eigenvalue weighted by Gasteiger charge is 2.29. The zero-order chi connectivity index (χ0) is 21.2. The fraction of sp³-hybridized carbons (Fsp3) is 0.381. The highest BCUT2D eigenvalue weighted by molar-refractivity contribution is 6.32. The van der Waals surface area contributed by atoms with Crippen molar-refractivity contribution >= 4 is 28.9 Å². The third-order valence-electron chi connectivity index (χ3n) is 4.56. The van der Waals surface area contributed by atoms with Crippen molar-refractivity contribution in [3.05, 3.63) is 41.3 Å². The minimum absolute atomic E-state index is 0.175. The molecule has 0 bridgehead atoms. The number of rotatable bonds is 7. The Hall–Kier alpha value is -2.80. The van der Waals surface area contributed by atoms with Gasteiger partial charge in [0.2, 0.25) is 0 Å². The number of carbonyl (C=O) groups is 1. The second kappa shape index (κ2) is 8.29. The number of hydrogen-bond acceptors (Lipinski definition) is 4. The van der Waals surface area contributed by atoms with E-state index in [0.29, 0.717) is 23.1 Å². The molecule has 0 aliphatic heterocycles. The zero-order valence-corrected chi connectivity index (χ0v) is 17.7. The molecule has 0 saturated carbocycles. The normalized spacial score (nSPS) is 13.4. The average molecular weight is 417 g/mol. The third kappa shape index (κ3) is 4.98. The van der Waals surface area contributed by atoms with Crippen molar-refractivity contribution < 1.29 is 14.6 Å². The number of hydrogen-bond donors (Lipinski definition) is 3. The van der Waals surface area contributed by atoms with Crippen LogP contribution >= 0.6 is 11.6 Å². The molecule has 0 aliphatic rings. The number of fused-ring (bicyclic) bond motifs is 1. The van der Waals surface area contributed by atoms with Gasteiger partial charge in [0.15, 0.2) is 5.65 Å². The molecule has 3 rings (SSSR count). The van der Waals surface area contributed by atoms with Crippen LogP contribution in [0, 0.1) is 12.8 Å². The Morgan fingerprint density at radius 2 is 2.14 bits per heavy atom. The van der Waals surface area contributed by atoms with Crippen molar-refractivity contribution in [1.29, 1.82) is 0 Å². The van der Waals surface area contributed by atoms with Gasteiger partial charge in [-0.2, -0.15) is 0 Å². The number of aromatic nitrogens is 3. The van der Waals surface area contributed by atoms with E-state index in [2.05, 4.69) is 20.3 Å². The molecule has 29 heavy (non-hydrogen) atoms. The van der Waals surface area contributed by atoms with Crippen molar-refractivity contribution in [3.63, 3.8) is 0 Å². The van der Waals surface area contributed by atoms with Gasteiger partial charge in [-0.3, -0.25) is 0 Å². The first-order valence-corrected chi connectivity index (χ1v) is 9.80. The smallest absolute Gasteiger partial charge is 0.405 e. The number of aryl methyl sites for hydroxylation is 1. The molecular formula is C21H25ClN4O3. The predicted octanol–water partition coefficient (Wildman–Crippen LogP) is 5.04. The van der Waals surface area contributed by atoms with Crippen molar-refractivity contribution in [3.8, 4) is 16.9 Å². The molecule has 7 nitrogen and oxygen atoms in total. The maximum atomic E-state index is 11.2. The Bertz CT molecular complexity index is 1030. The summed E-state index contributed by atoms with van der Waals surface area (Å²) in [6, 6.07) is 7.41. The minimum atomic E-state index is -1.07. The van der Waals surface area contributed by atoms with Crippen LogP contribution in [-0.2, 0) is 0 Å². The van der Waals surface area contributed by atoms with Crippen LogP contribution in [0.1, 0.15) is 33.0 Å². The maximum Gasteiger partial charge on any atom is 0.405 e. The topological polar surface area (TPSA) is 100 Å². The number of imidazole rings is 1. The minimum Gasteiger partial charge on any atom is -0.490 e. The molecule has 1 unspecified atom stereocenters. The summed E-state index contributed by atoms with van der Waals surface area (Å²) >= 11 is 6.47. The van der Waals surface area contributed by atoms with E-state index in [9.17, 15) is 4.79 Å². The number of aromatic amines is 1. The van der Waals surface area contributed by atoms with Crippen LogP contribution in [0.4, 0.5) is 4.79 Å². The highest BCUT2D eigenvalue weighted by Crippen LogP contribution is 2.33. The van der Waals surface area contributed by atoms with Gasteiger partial charge in [0.1, 0.15) is 23.7 Å². The first-order valence-electron chi connectivity index (χ1n) is 9.42. The Morgan fingerprint density at radius 1 is 1.38 bits per heavy atom. The second-order valence-electron chi connectivity index (χ2n) is 7.90. The lowest BCUT2D eigenvalue weighted by Gasteiger charge is -2.31. The quantitative estimate of drug-likeness (QED) is 0.501. The summed E-state index contributed by atoms with van der Waals surface area (Å²) < 4.78 is 5.89. The summed E-state index contributed by atoms with van der Waals surface area (Å²) in [4.78, 5) is 23.1. The second-order valence-corrected chi connectivity index (χ2v) is 8.31. The lowest BCUT2D eigenvalue weighted by atomic mass is 9.91. The van der Waals surface area contributed by atoms with Crippen LogP contribution in [0.15, 0.2) is 30.5 Å².